The summed E-state index contributed by atoms with van der Waals surface area (Å²) < 4.78 is 39.8. The zero-order valence-corrected chi connectivity index (χ0v) is 20.0. The monoisotopic (exact) mass is 466 g/mol. The molecule has 8 atom stereocenters. The van der Waals surface area contributed by atoms with Crippen LogP contribution in [-0.2, 0) is 17.5 Å². The minimum Gasteiger partial charge on any atom is -0.390 e. The molecule has 0 radical (unpaired) electrons. The maximum atomic E-state index is 13.3. The molecular formula is C26H37F3N2O2. The number of Topliss-reactive ketones (excluding diaryl/α,β-unsaturated/α-hetero) is 1. The second-order valence-electron chi connectivity index (χ2n) is 12.5. The van der Waals surface area contributed by atoms with Crippen LogP contribution >= 0.6 is 0 Å². The second kappa shape index (κ2) is 7.56. The molecule has 0 unspecified atom stereocenters. The van der Waals surface area contributed by atoms with Crippen LogP contribution < -0.4 is 0 Å². The molecule has 4 nitrogen and oxygen atoms in total. The first kappa shape index (κ1) is 23.4. The molecule has 0 bridgehead atoms. The predicted molar refractivity (Wildman–Crippen MR) is 118 cm³/mol. The molecule has 5 rings (SSSR count). The normalized spacial score (nSPS) is 45.2. The molecule has 0 spiro atoms. The number of carbonyl (C=O) groups is 1. The van der Waals surface area contributed by atoms with Gasteiger partial charge < -0.3 is 5.11 Å². The van der Waals surface area contributed by atoms with Crippen molar-refractivity contribution in [1.82, 2.24) is 9.78 Å². The number of ketones is 1. The molecule has 33 heavy (non-hydrogen) atoms. The molecule has 1 heterocycles. The number of aromatic nitrogens is 2. The Balaban J connectivity index is 1.31. The summed E-state index contributed by atoms with van der Waals surface area (Å²) in [6, 6.07) is 0.943. The molecule has 0 saturated heterocycles. The van der Waals surface area contributed by atoms with Gasteiger partial charge in [-0.05, 0) is 105 Å². The average molecular weight is 467 g/mol. The highest BCUT2D eigenvalue weighted by Gasteiger charge is 2.60. The number of carbonyl (C=O) groups excluding carboxylic acids is 1. The fraction of sp³-hybridized carbons (Fsp3) is 0.846. The largest absolute Gasteiger partial charge is 0.435 e. The van der Waals surface area contributed by atoms with Gasteiger partial charge in [0.25, 0.3) is 0 Å². The van der Waals surface area contributed by atoms with Crippen LogP contribution in [0.25, 0.3) is 0 Å². The Morgan fingerprint density at radius 3 is 2.45 bits per heavy atom. The fourth-order valence-corrected chi connectivity index (χ4v) is 9.04. The molecule has 1 N–H and O–H groups in total. The Morgan fingerprint density at radius 2 is 1.76 bits per heavy atom. The van der Waals surface area contributed by atoms with Crippen LogP contribution in [0.4, 0.5) is 13.2 Å². The van der Waals surface area contributed by atoms with Crippen LogP contribution in [-0.4, -0.2) is 26.3 Å². The van der Waals surface area contributed by atoms with E-state index in [9.17, 15) is 23.1 Å². The highest BCUT2D eigenvalue weighted by atomic mass is 19.4. The van der Waals surface area contributed by atoms with E-state index in [1.54, 1.807) is 0 Å². The first-order chi connectivity index (χ1) is 15.3. The van der Waals surface area contributed by atoms with E-state index in [0.29, 0.717) is 23.7 Å². The van der Waals surface area contributed by atoms with E-state index in [0.717, 1.165) is 62.1 Å². The Hall–Kier alpha value is -1.37. The summed E-state index contributed by atoms with van der Waals surface area (Å²) in [4.78, 5) is 13.3. The molecule has 7 heteroatoms. The predicted octanol–water partition coefficient (Wildman–Crippen LogP) is 5.88. The summed E-state index contributed by atoms with van der Waals surface area (Å²) in [7, 11) is 0. The quantitative estimate of drug-likeness (QED) is 0.605. The van der Waals surface area contributed by atoms with Gasteiger partial charge in [-0.3, -0.25) is 9.48 Å². The SMILES string of the molecule is C[C@@]1(O)CC[C@@H]2[C@H]3CC[C@]4(C)[C@@H](C(=O)Cn5ccc(C(F)(F)F)n5)CC[C@H]4[C@@H]3CC[C@]2(C)C1. The maximum Gasteiger partial charge on any atom is 0.435 e. The number of hydrogen-bond acceptors (Lipinski definition) is 3. The lowest BCUT2D eigenvalue weighted by atomic mass is 9.45. The molecule has 1 aromatic rings. The van der Waals surface area contributed by atoms with Crippen molar-refractivity contribution in [3.05, 3.63) is 18.0 Å². The number of rotatable bonds is 3. The molecule has 4 aliphatic rings. The summed E-state index contributed by atoms with van der Waals surface area (Å²) in [5.74, 6) is 2.41. The van der Waals surface area contributed by atoms with Crippen LogP contribution in [0.3, 0.4) is 0 Å². The molecule has 0 aliphatic heterocycles. The molecule has 0 aromatic carbocycles. The maximum absolute atomic E-state index is 13.3. The number of nitrogens with zero attached hydrogens (tertiary/aromatic N) is 2. The van der Waals surface area contributed by atoms with Crippen LogP contribution in [0.1, 0.15) is 84.3 Å². The van der Waals surface area contributed by atoms with Crippen molar-refractivity contribution >= 4 is 5.78 Å². The van der Waals surface area contributed by atoms with Gasteiger partial charge in [0.1, 0.15) is 0 Å². The number of halogens is 3. The standard InChI is InChI=1S/C26H37F3N2O2/c1-23-10-6-17-16(18(23)8-11-24(2,33)15-23)7-12-25(3)19(17)4-5-20(25)21(32)14-31-13-9-22(30-31)26(27,28)29/h9,13,16-20,33H,4-8,10-12,14-15H2,1-3H3/t16-,17+,18+,19-,20+,23+,24+,25-/m0/s1. The molecule has 4 aliphatic carbocycles. The number of aliphatic hydroxyl groups is 1. The van der Waals surface area contributed by atoms with Gasteiger partial charge in [0.15, 0.2) is 11.5 Å². The first-order valence-corrected chi connectivity index (χ1v) is 12.7. The number of hydrogen-bond donors (Lipinski definition) is 1. The lowest BCUT2D eigenvalue weighted by molar-refractivity contribution is -0.145. The third kappa shape index (κ3) is 3.86. The molecule has 184 valence electrons. The summed E-state index contributed by atoms with van der Waals surface area (Å²) >= 11 is 0. The highest BCUT2D eigenvalue weighted by Crippen LogP contribution is 2.67. The van der Waals surface area contributed by atoms with Crippen LogP contribution in [0, 0.1) is 40.4 Å². The lowest BCUT2D eigenvalue weighted by Crippen LogP contribution is -2.54. The van der Waals surface area contributed by atoms with Gasteiger partial charge >= 0.3 is 6.18 Å². The van der Waals surface area contributed by atoms with Gasteiger partial charge in [-0.25, -0.2) is 0 Å². The first-order valence-electron chi connectivity index (χ1n) is 12.7. The van der Waals surface area contributed by atoms with Crippen LogP contribution in [0.15, 0.2) is 12.3 Å². The van der Waals surface area contributed by atoms with E-state index in [1.165, 1.54) is 12.6 Å². The third-order valence-corrected chi connectivity index (χ3v) is 10.4. The third-order valence-electron chi connectivity index (χ3n) is 10.4. The Morgan fingerprint density at radius 1 is 1.06 bits per heavy atom. The van der Waals surface area contributed by atoms with Crippen molar-refractivity contribution in [2.75, 3.05) is 0 Å². The minimum absolute atomic E-state index is 0.0321. The highest BCUT2D eigenvalue weighted by molar-refractivity contribution is 5.82. The van der Waals surface area contributed by atoms with Gasteiger partial charge in [-0.2, -0.15) is 18.3 Å². The van der Waals surface area contributed by atoms with Crippen molar-refractivity contribution < 1.29 is 23.1 Å². The van der Waals surface area contributed by atoms with E-state index in [-0.39, 0.29) is 29.1 Å². The number of fused-ring (bicyclic) bond motifs is 5. The van der Waals surface area contributed by atoms with Gasteiger partial charge in [0.2, 0.25) is 0 Å². The van der Waals surface area contributed by atoms with E-state index in [1.807, 2.05) is 6.92 Å². The van der Waals surface area contributed by atoms with E-state index < -0.39 is 17.5 Å². The van der Waals surface area contributed by atoms with Gasteiger partial charge in [-0.1, -0.05) is 13.8 Å². The second-order valence-corrected chi connectivity index (χ2v) is 12.5. The lowest BCUT2D eigenvalue weighted by Gasteiger charge is -2.60. The van der Waals surface area contributed by atoms with Gasteiger partial charge in [0, 0.05) is 12.1 Å². The van der Waals surface area contributed by atoms with Crippen molar-refractivity contribution in [1.29, 1.82) is 0 Å². The Labute approximate surface area is 194 Å². The molecule has 1 aromatic heterocycles. The van der Waals surface area contributed by atoms with Crippen molar-refractivity contribution in [3.8, 4) is 0 Å². The van der Waals surface area contributed by atoms with Crippen LogP contribution in [0.5, 0.6) is 0 Å². The Bertz CT molecular complexity index is 925. The molecule has 4 fully saturated rings. The smallest absolute Gasteiger partial charge is 0.390 e. The zero-order valence-electron chi connectivity index (χ0n) is 20.0. The summed E-state index contributed by atoms with van der Waals surface area (Å²) in [6.45, 7) is 6.57. The fourth-order valence-electron chi connectivity index (χ4n) is 9.04. The van der Waals surface area contributed by atoms with E-state index in [2.05, 4.69) is 18.9 Å². The molecule has 4 saturated carbocycles. The molecule has 0 amide bonds. The summed E-state index contributed by atoms with van der Waals surface area (Å²) in [5, 5.41) is 14.3. The summed E-state index contributed by atoms with van der Waals surface area (Å²) in [5.41, 5.74) is -1.35. The van der Waals surface area contributed by atoms with Crippen molar-refractivity contribution in [2.24, 2.45) is 40.4 Å². The number of alkyl halides is 3. The zero-order chi connectivity index (χ0) is 23.8. The summed E-state index contributed by atoms with van der Waals surface area (Å²) in [6.07, 6.45) is 5.99. The van der Waals surface area contributed by atoms with E-state index in [4.69, 9.17) is 0 Å². The average Bonchev–Trinajstić information content (AvgIpc) is 3.30. The van der Waals surface area contributed by atoms with Gasteiger partial charge in [-0.15, -0.1) is 0 Å². The van der Waals surface area contributed by atoms with Crippen molar-refractivity contribution in [3.63, 3.8) is 0 Å². The Kier molecular flexibility index (Phi) is 5.36. The van der Waals surface area contributed by atoms with Crippen molar-refractivity contribution in [2.45, 2.75) is 96.9 Å². The van der Waals surface area contributed by atoms with Crippen LogP contribution in [0.2, 0.25) is 0 Å². The van der Waals surface area contributed by atoms with Gasteiger partial charge in [0.05, 0.1) is 12.1 Å². The molecular weight excluding hydrogens is 429 g/mol. The minimum atomic E-state index is -4.49. The van der Waals surface area contributed by atoms with E-state index >= 15 is 0 Å². The topological polar surface area (TPSA) is 55.1 Å².